The average molecular weight is 143 g/mol. The Bertz CT molecular complexity index is 382. The molecule has 11 heavy (non-hydrogen) atoms. The largest absolute Gasteiger partial charge is 0.253 e. The van der Waals surface area contributed by atoms with Crippen LogP contribution in [0.1, 0.15) is 5.56 Å². The third-order valence-electron chi connectivity index (χ3n) is 1.55. The van der Waals surface area contributed by atoms with Crippen LogP contribution in [0.2, 0.25) is 0 Å². The fraction of sp³-hybridized carbons (Fsp3) is 0.111. The molecule has 1 aromatic carbocycles. The molecule has 1 heterocycles. The molecule has 0 spiro atoms. The van der Waals surface area contributed by atoms with E-state index in [1.54, 1.807) is 12.4 Å². The molecule has 0 amide bonds. The van der Waals surface area contributed by atoms with Gasteiger partial charge in [0.25, 0.3) is 0 Å². The zero-order chi connectivity index (χ0) is 7.68. The maximum absolute atomic E-state index is 4.16. The van der Waals surface area contributed by atoms with E-state index in [-0.39, 0.29) is 0 Å². The Morgan fingerprint density at radius 3 is 2.73 bits per heavy atom. The molecule has 0 saturated carbocycles. The van der Waals surface area contributed by atoms with Gasteiger partial charge in [0.05, 0.1) is 11.0 Å². The Morgan fingerprint density at radius 2 is 1.91 bits per heavy atom. The van der Waals surface area contributed by atoms with Crippen molar-refractivity contribution in [3.8, 4) is 0 Å². The molecule has 1 radical (unpaired) electrons. The second-order valence-corrected chi connectivity index (χ2v) is 2.44. The fourth-order valence-electron chi connectivity index (χ4n) is 1.01. The molecule has 53 valence electrons. The number of aryl methyl sites for hydroxylation is 1. The molecule has 0 aliphatic heterocycles. The highest BCUT2D eigenvalue weighted by atomic mass is 14.8. The van der Waals surface area contributed by atoms with Crippen molar-refractivity contribution >= 4 is 11.0 Å². The first kappa shape index (κ1) is 6.28. The quantitative estimate of drug-likeness (QED) is 0.561. The lowest BCUT2D eigenvalue weighted by Crippen LogP contribution is -1.82. The molecule has 0 atom stereocenters. The maximum Gasteiger partial charge on any atom is 0.0893 e. The molecule has 2 rings (SSSR count). The minimum atomic E-state index is 0.901. The van der Waals surface area contributed by atoms with Crippen LogP contribution in [0.5, 0.6) is 0 Å². The number of benzene rings is 1. The summed E-state index contributed by atoms with van der Waals surface area (Å²) in [5, 5.41) is 0. The highest BCUT2D eigenvalue weighted by molar-refractivity contribution is 5.73. The van der Waals surface area contributed by atoms with Crippen molar-refractivity contribution in [3.05, 3.63) is 36.2 Å². The van der Waals surface area contributed by atoms with Crippen LogP contribution < -0.4 is 0 Å². The number of rotatable bonds is 0. The second-order valence-electron chi connectivity index (χ2n) is 2.44. The molecule has 0 fully saturated rings. The standard InChI is InChI=1S/C9H7N2/c1-7-2-3-8-9(6-7)11-5-4-10-8/h3-6H,1H3. The summed E-state index contributed by atoms with van der Waals surface area (Å²) in [4.78, 5) is 8.29. The Morgan fingerprint density at radius 1 is 1.18 bits per heavy atom. The van der Waals surface area contributed by atoms with Gasteiger partial charge >= 0.3 is 0 Å². The number of aromatic nitrogens is 2. The molecule has 2 heteroatoms. The number of nitrogens with zero attached hydrogens (tertiary/aromatic N) is 2. The summed E-state index contributed by atoms with van der Waals surface area (Å²) >= 11 is 0. The molecule has 0 aliphatic rings. The fourth-order valence-corrected chi connectivity index (χ4v) is 1.01. The van der Waals surface area contributed by atoms with Crippen LogP contribution in [0.3, 0.4) is 0 Å². The second kappa shape index (κ2) is 2.31. The van der Waals surface area contributed by atoms with Crippen LogP contribution in [-0.4, -0.2) is 9.97 Å². The first-order valence-electron chi connectivity index (χ1n) is 3.45. The molecule has 0 N–H and O–H groups in total. The molecular formula is C9H7N2. The van der Waals surface area contributed by atoms with Gasteiger partial charge in [0.1, 0.15) is 0 Å². The van der Waals surface area contributed by atoms with E-state index in [4.69, 9.17) is 0 Å². The van der Waals surface area contributed by atoms with E-state index in [2.05, 4.69) is 16.0 Å². The summed E-state index contributed by atoms with van der Waals surface area (Å²) in [5.74, 6) is 0. The van der Waals surface area contributed by atoms with Gasteiger partial charge in [-0.25, -0.2) is 0 Å². The topological polar surface area (TPSA) is 25.8 Å². The van der Waals surface area contributed by atoms with Crippen molar-refractivity contribution in [3.63, 3.8) is 0 Å². The van der Waals surface area contributed by atoms with Crippen LogP contribution in [0.25, 0.3) is 11.0 Å². The van der Waals surface area contributed by atoms with E-state index in [0.717, 1.165) is 16.6 Å². The summed E-state index contributed by atoms with van der Waals surface area (Å²) in [6.45, 7) is 1.99. The van der Waals surface area contributed by atoms with Gasteiger partial charge < -0.3 is 0 Å². The van der Waals surface area contributed by atoms with Gasteiger partial charge in [0.2, 0.25) is 0 Å². The lowest BCUT2D eigenvalue weighted by atomic mass is 10.2. The molecule has 0 saturated heterocycles. The number of fused-ring (bicyclic) bond motifs is 1. The SMILES string of the molecule is Cc1[c]cc2nccnc2c1. The Balaban J connectivity index is 2.83. The first-order chi connectivity index (χ1) is 5.36. The molecule has 0 aliphatic carbocycles. The summed E-state index contributed by atoms with van der Waals surface area (Å²) in [5.41, 5.74) is 2.93. The lowest BCUT2D eigenvalue weighted by Gasteiger charge is -1.94. The monoisotopic (exact) mass is 143 g/mol. The van der Waals surface area contributed by atoms with Crippen LogP contribution in [0, 0.1) is 13.0 Å². The van der Waals surface area contributed by atoms with Gasteiger partial charge in [0.15, 0.2) is 0 Å². The summed E-state index contributed by atoms with van der Waals surface area (Å²) in [7, 11) is 0. The van der Waals surface area contributed by atoms with Crippen molar-refractivity contribution in [2.75, 3.05) is 0 Å². The normalized spacial score (nSPS) is 10.3. The smallest absolute Gasteiger partial charge is 0.0893 e. The molecule has 2 nitrogen and oxygen atoms in total. The van der Waals surface area contributed by atoms with E-state index < -0.39 is 0 Å². The zero-order valence-electron chi connectivity index (χ0n) is 6.20. The van der Waals surface area contributed by atoms with E-state index >= 15 is 0 Å². The van der Waals surface area contributed by atoms with Crippen molar-refractivity contribution in [1.82, 2.24) is 9.97 Å². The Hall–Kier alpha value is -1.44. The van der Waals surface area contributed by atoms with Crippen LogP contribution in [0.4, 0.5) is 0 Å². The minimum absolute atomic E-state index is 0.901. The van der Waals surface area contributed by atoms with E-state index in [1.165, 1.54) is 0 Å². The third-order valence-corrected chi connectivity index (χ3v) is 1.55. The van der Waals surface area contributed by atoms with E-state index in [0.29, 0.717) is 0 Å². The van der Waals surface area contributed by atoms with E-state index in [9.17, 15) is 0 Å². The predicted octanol–water partition coefficient (Wildman–Crippen LogP) is 1.74. The van der Waals surface area contributed by atoms with Gasteiger partial charge in [-0.1, -0.05) is 0 Å². The Labute approximate surface area is 64.9 Å². The van der Waals surface area contributed by atoms with Crippen LogP contribution >= 0.6 is 0 Å². The van der Waals surface area contributed by atoms with Crippen molar-refractivity contribution < 1.29 is 0 Å². The molecule has 0 unspecified atom stereocenters. The van der Waals surface area contributed by atoms with Gasteiger partial charge in [-0.05, 0) is 30.7 Å². The van der Waals surface area contributed by atoms with Crippen molar-refractivity contribution in [2.24, 2.45) is 0 Å². The third kappa shape index (κ3) is 1.07. The summed E-state index contributed by atoms with van der Waals surface area (Å²) in [6.07, 6.45) is 3.38. The highest BCUT2D eigenvalue weighted by Gasteiger charge is 1.92. The van der Waals surface area contributed by atoms with Gasteiger partial charge in [0, 0.05) is 12.4 Å². The zero-order valence-corrected chi connectivity index (χ0v) is 6.20. The van der Waals surface area contributed by atoms with Crippen molar-refractivity contribution in [1.29, 1.82) is 0 Å². The number of hydrogen-bond acceptors (Lipinski definition) is 2. The maximum atomic E-state index is 4.16. The molecule has 1 aromatic heterocycles. The lowest BCUT2D eigenvalue weighted by molar-refractivity contribution is 1.28. The first-order valence-corrected chi connectivity index (χ1v) is 3.45. The Kier molecular flexibility index (Phi) is 1.32. The van der Waals surface area contributed by atoms with Gasteiger partial charge in [-0.3, -0.25) is 9.97 Å². The predicted molar refractivity (Wildman–Crippen MR) is 43.1 cm³/mol. The molecule has 2 aromatic rings. The average Bonchev–Trinajstić information content (AvgIpc) is 2.04. The van der Waals surface area contributed by atoms with Gasteiger partial charge in [-0.2, -0.15) is 0 Å². The molecular weight excluding hydrogens is 136 g/mol. The van der Waals surface area contributed by atoms with Crippen molar-refractivity contribution in [2.45, 2.75) is 6.92 Å². The minimum Gasteiger partial charge on any atom is -0.253 e. The summed E-state index contributed by atoms with van der Waals surface area (Å²) < 4.78 is 0. The highest BCUT2D eigenvalue weighted by Crippen LogP contribution is 2.08. The van der Waals surface area contributed by atoms with Crippen LogP contribution in [-0.2, 0) is 0 Å². The van der Waals surface area contributed by atoms with Gasteiger partial charge in [-0.15, -0.1) is 0 Å². The van der Waals surface area contributed by atoms with Crippen LogP contribution in [0.15, 0.2) is 24.5 Å². The van der Waals surface area contributed by atoms with E-state index in [1.807, 2.05) is 19.1 Å². The number of hydrogen-bond donors (Lipinski definition) is 0. The summed E-state index contributed by atoms with van der Waals surface area (Å²) in [6, 6.07) is 6.91. The molecule has 0 bridgehead atoms.